The molecule has 2 heteroatoms. The van der Waals surface area contributed by atoms with Gasteiger partial charge < -0.3 is 9.53 Å². The number of hydrogen-bond donors (Lipinski definition) is 0. The first-order valence-corrected chi connectivity index (χ1v) is 7.32. The molecule has 0 aliphatic carbocycles. The average Bonchev–Trinajstić information content (AvgIpc) is 2.38. The molecule has 0 amide bonds. The lowest BCUT2D eigenvalue weighted by Crippen LogP contribution is -1.98. The zero-order valence-corrected chi connectivity index (χ0v) is 12.4. The third kappa shape index (κ3) is 7.00. The third-order valence-electron chi connectivity index (χ3n) is 3.24. The maximum absolute atomic E-state index is 10.8. The molecule has 0 saturated heterocycles. The molecule has 2 nitrogen and oxygen atoms in total. The highest BCUT2D eigenvalue weighted by Crippen LogP contribution is 2.18. The van der Waals surface area contributed by atoms with Gasteiger partial charge in [0.2, 0.25) is 0 Å². The molecule has 0 spiro atoms. The Balaban J connectivity index is 2.10. The summed E-state index contributed by atoms with van der Waals surface area (Å²) in [6, 6.07) is 8.36. The number of rotatable bonds is 9. The molecule has 0 N–H and O–H groups in total. The standard InChI is InChI=1S/C17H26O2/c1-14(2)16-9-11-17(12-10-16)19-13-7-5-4-6-8-15(3)18/h9-12,14H,4-8,13H2,1-3H3. The van der Waals surface area contributed by atoms with Crippen molar-refractivity contribution < 1.29 is 9.53 Å². The van der Waals surface area contributed by atoms with Crippen molar-refractivity contribution in [2.45, 2.75) is 58.8 Å². The van der Waals surface area contributed by atoms with Crippen LogP contribution in [0.15, 0.2) is 24.3 Å². The van der Waals surface area contributed by atoms with Gasteiger partial charge in [-0.3, -0.25) is 0 Å². The van der Waals surface area contributed by atoms with Gasteiger partial charge in [0.05, 0.1) is 6.61 Å². The van der Waals surface area contributed by atoms with Gasteiger partial charge in [-0.1, -0.05) is 38.8 Å². The molecule has 0 heterocycles. The van der Waals surface area contributed by atoms with Crippen molar-refractivity contribution >= 4 is 5.78 Å². The summed E-state index contributed by atoms with van der Waals surface area (Å²) in [5.41, 5.74) is 1.34. The topological polar surface area (TPSA) is 26.3 Å². The summed E-state index contributed by atoms with van der Waals surface area (Å²) < 4.78 is 5.70. The van der Waals surface area contributed by atoms with Gasteiger partial charge in [0.25, 0.3) is 0 Å². The van der Waals surface area contributed by atoms with Crippen molar-refractivity contribution in [3.8, 4) is 5.75 Å². The van der Waals surface area contributed by atoms with Gasteiger partial charge in [0.15, 0.2) is 0 Å². The van der Waals surface area contributed by atoms with Crippen LogP contribution in [0.3, 0.4) is 0 Å². The molecule has 1 rings (SSSR count). The van der Waals surface area contributed by atoms with Crippen LogP contribution >= 0.6 is 0 Å². The Kier molecular flexibility index (Phi) is 7.24. The molecule has 0 fully saturated rings. The number of carbonyl (C=O) groups is 1. The van der Waals surface area contributed by atoms with E-state index in [1.807, 2.05) is 12.1 Å². The number of Topliss-reactive ketones (excluding diaryl/α,β-unsaturated/α-hetero) is 1. The van der Waals surface area contributed by atoms with Crippen molar-refractivity contribution in [3.05, 3.63) is 29.8 Å². The van der Waals surface area contributed by atoms with Crippen LogP contribution in [0.5, 0.6) is 5.75 Å². The van der Waals surface area contributed by atoms with Crippen LogP contribution in [0.25, 0.3) is 0 Å². The number of benzene rings is 1. The number of carbonyl (C=O) groups excluding carboxylic acids is 1. The number of unbranched alkanes of at least 4 members (excludes halogenated alkanes) is 3. The highest BCUT2D eigenvalue weighted by Gasteiger charge is 1.99. The van der Waals surface area contributed by atoms with E-state index in [4.69, 9.17) is 4.74 Å². The summed E-state index contributed by atoms with van der Waals surface area (Å²) in [7, 11) is 0. The molecular formula is C17H26O2. The lowest BCUT2D eigenvalue weighted by molar-refractivity contribution is -0.117. The third-order valence-corrected chi connectivity index (χ3v) is 3.24. The lowest BCUT2D eigenvalue weighted by Gasteiger charge is -2.08. The van der Waals surface area contributed by atoms with Gasteiger partial charge in [-0.15, -0.1) is 0 Å². The fourth-order valence-corrected chi connectivity index (χ4v) is 1.97. The molecule has 106 valence electrons. The summed E-state index contributed by atoms with van der Waals surface area (Å²) in [5.74, 6) is 1.81. The van der Waals surface area contributed by atoms with E-state index < -0.39 is 0 Å². The van der Waals surface area contributed by atoms with E-state index in [2.05, 4.69) is 26.0 Å². The summed E-state index contributed by atoms with van der Waals surface area (Å²) in [5, 5.41) is 0. The SMILES string of the molecule is CC(=O)CCCCCCOc1ccc(C(C)C)cc1. The van der Waals surface area contributed by atoms with E-state index in [1.54, 1.807) is 6.92 Å². The Morgan fingerprint density at radius 1 is 1.05 bits per heavy atom. The van der Waals surface area contributed by atoms with Crippen molar-refractivity contribution in [2.75, 3.05) is 6.61 Å². The van der Waals surface area contributed by atoms with Gasteiger partial charge in [0.1, 0.15) is 11.5 Å². The molecule has 0 radical (unpaired) electrons. The van der Waals surface area contributed by atoms with E-state index in [-0.39, 0.29) is 0 Å². The number of ether oxygens (including phenoxy) is 1. The highest BCUT2D eigenvalue weighted by atomic mass is 16.5. The number of ketones is 1. The van der Waals surface area contributed by atoms with Gasteiger partial charge in [-0.2, -0.15) is 0 Å². The largest absolute Gasteiger partial charge is 0.494 e. The van der Waals surface area contributed by atoms with E-state index in [1.165, 1.54) is 5.56 Å². The van der Waals surface area contributed by atoms with Crippen molar-refractivity contribution in [1.29, 1.82) is 0 Å². The highest BCUT2D eigenvalue weighted by molar-refractivity contribution is 5.75. The zero-order valence-electron chi connectivity index (χ0n) is 12.4. The lowest BCUT2D eigenvalue weighted by atomic mass is 10.0. The quantitative estimate of drug-likeness (QED) is 0.601. The second-order valence-corrected chi connectivity index (χ2v) is 5.44. The molecule has 0 bridgehead atoms. The first-order chi connectivity index (χ1) is 9.09. The van der Waals surface area contributed by atoms with Crippen LogP contribution in [0.4, 0.5) is 0 Å². The minimum Gasteiger partial charge on any atom is -0.494 e. The summed E-state index contributed by atoms with van der Waals surface area (Å²) in [6.07, 6.45) is 5.05. The minimum absolute atomic E-state index is 0.293. The predicted molar refractivity (Wildman–Crippen MR) is 79.8 cm³/mol. The van der Waals surface area contributed by atoms with Gasteiger partial charge >= 0.3 is 0 Å². The summed E-state index contributed by atoms with van der Waals surface area (Å²) in [6.45, 7) is 6.80. The zero-order chi connectivity index (χ0) is 14.1. The van der Waals surface area contributed by atoms with Crippen molar-refractivity contribution in [1.82, 2.24) is 0 Å². The molecule has 1 aromatic rings. The predicted octanol–water partition coefficient (Wildman–Crippen LogP) is 4.73. The van der Waals surface area contributed by atoms with E-state index in [0.717, 1.165) is 44.5 Å². The second kappa shape index (κ2) is 8.73. The molecular weight excluding hydrogens is 236 g/mol. The Morgan fingerprint density at radius 3 is 2.26 bits per heavy atom. The molecule has 0 unspecified atom stereocenters. The van der Waals surface area contributed by atoms with Crippen LogP contribution < -0.4 is 4.74 Å². The fourth-order valence-electron chi connectivity index (χ4n) is 1.97. The van der Waals surface area contributed by atoms with E-state index in [9.17, 15) is 4.79 Å². The number of hydrogen-bond acceptors (Lipinski definition) is 2. The summed E-state index contributed by atoms with van der Waals surface area (Å²) >= 11 is 0. The molecule has 0 saturated carbocycles. The Morgan fingerprint density at radius 2 is 1.68 bits per heavy atom. The average molecular weight is 262 g/mol. The second-order valence-electron chi connectivity index (χ2n) is 5.44. The molecule has 0 aliphatic heterocycles. The molecule has 0 aliphatic rings. The normalized spacial score (nSPS) is 10.7. The van der Waals surface area contributed by atoms with Gasteiger partial charge in [0, 0.05) is 6.42 Å². The van der Waals surface area contributed by atoms with Crippen molar-refractivity contribution in [3.63, 3.8) is 0 Å². The van der Waals surface area contributed by atoms with Crippen molar-refractivity contribution in [2.24, 2.45) is 0 Å². The molecule has 1 aromatic carbocycles. The van der Waals surface area contributed by atoms with Gasteiger partial charge in [-0.25, -0.2) is 0 Å². The minimum atomic E-state index is 0.293. The maximum atomic E-state index is 10.8. The molecule has 0 atom stereocenters. The smallest absolute Gasteiger partial charge is 0.129 e. The van der Waals surface area contributed by atoms with E-state index in [0.29, 0.717) is 11.7 Å². The van der Waals surface area contributed by atoms with Crippen LogP contribution in [0.1, 0.15) is 64.4 Å². The van der Waals surface area contributed by atoms with Gasteiger partial charge in [-0.05, 0) is 43.4 Å². The van der Waals surface area contributed by atoms with Crippen LogP contribution in [0.2, 0.25) is 0 Å². The first kappa shape index (κ1) is 15.7. The van der Waals surface area contributed by atoms with Crippen LogP contribution in [-0.4, -0.2) is 12.4 Å². The monoisotopic (exact) mass is 262 g/mol. The van der Waals surface area contributed by atoms with Crippen LogP contribution in [-0.2, 0) is 4.79 Å². The first-order valence-electron chi connectivity index (χ1n) is 7.32. The fraction of sp³-hybridized carbons (Fsp3) is 0.588. The Labute approximate surface area is 117 Å². The molecule has 19 heavy (non-hydrogen) atoms. The van der Waals surface area contributed by atoms with E-state index >= 15 is 0 Å². The van der Waals surface area contributed by atoms with Crippen LogP contribution in [0, 0.1) is 0 Å². The Bertz CT molecular complexity index is 365. The summed E-state index contributed by atoms with van der Waals surface area (Å²) in [4.78, 5) is 10.8. The maximum Gasteiger partial charge on any atom is 0.129 e. The molecule has 0 aromatic heterocycles. The Hall–Kier alpha value is -1.31.